The molecule has 3 aromatic rings. The second-order valence-corrected chi connectivity index (χ2v) is 6.89. The van der Waals surface area contributed by atoms with Crippen LogP contribution in [0.3, 0.4) is 0 Å². The third kappa shape index (κ3) is 4.23. The maximum Gasteiger partial charge on any atom is 0.339 e. The van der Waals surface area contributed by atoms with Crippen LogP contribution in [0.2, 0.25) is 10.0 Å². The number of halogens is 2. The molecule has 0 fully saturated rings. The van der Waals surface area contributed by atoms with Crippen molar-refractivity contribution < 1.29 is 14.3 Å². The SMILES string of the molecule is CC(OC(=O)c1ccnc2[nH]ccc12)C(=O)NC(C)c1ccc(Cl)cc1Cl. The quantitative estimate of drug-likeness (QED) is 0.619. The molecule has 2 unspecified atom stereocenters. The lowest BCUT2D eigenvalue weighted by molar-refractivity contribution is -0.129. The molecule has 2 N–H and O–H groups in total. The molecule has 0 radical (unpaired) electrons. The van der Waals surface area contributed by atoms with Crippen LogP contribution in [0.1, 0.15) is 35.8 Å². The first kappa shape index (κ1) is 19.2. The van der Waals surface area contributed by atoms with Gasteiger partial charge in [-0.3, -0.25) is 4.79 Å². The van der Waals surface area contributed by atoms with Crippen molar-refractivity contribution in [2.75, 3.05) is 0 Å². The summed E-state index contributed by atoms with van der Waals surface area (Å²) in [5.74, 6) is -1.02. The molecule has 2 heterocycles. The van der Waals surface area contributed by atoms with Gasteiger partial charge in [0.25, 0.3) is 5.91 Å². The van der Waals surface area contributed by atoms with Crippen molar-refractivity contribution >= 4 is 46.1 Å². The first-order chi connectivity index (χ1) is 12.9. The number of pyridine rings is 1. The van der Waals surface area contributed by atoms with Crippen LogP contribution >= 0.6 is 23.2 Å². The summed E-state index contributed by atoms with van der Waals surface area (Å²) >= 11 is 12.1. The normalized spacial score (nSPS) is 13.2. The first-order valence-electron chi connectivity index (χ1n) is 8.25. The molecule has 2 atom stereocenters. The van der Waals surface area contributed by atoms with E-state index in [1.807, 2.05) is 0 Å². The Balaban J connectivity index is 1.66. The Hall–Kier alpha value is -2.57. The maximum absolute atomic E-state index is 12.4. The van der Waals surface area contributed by atoms with Gasteiger partial charge in [0.15, 0.2) is 6.10 Å². The molecular formula is C19H17Cl2N3O3. The van der Waals surface area contributed by atoms with Crippen molar-refractivity contribution in [3.05, 3.63) is 63.9 Å². The molecule has 3 rings (SSSR count). The zero-order valence-electron chi connectivity index (χ0n) is 14.6. The fraction of sp³-hybridized carbons (Fsp3) is 0.211. The van der Waals surface area contributed by atoms with Crippen molar-refractivity contribution in [3.8, 4) is 0 Å². The highest BCUT2D eigenvalue weighted by atomic mass is 35.5. The van der Waals surface area contributed by atoms with Crippen molar-refractivity contribution in [3.63, 3.8) is 0 Å². The largest absolute Gasteiger partial charge is 0.449 e. The smallest absolute Gasteiger partial charge is 0.339 e. The molecule has 0 saturated carbocycles. The summed E-state index contributed by atoms with van der Waals surface area (Å²) in [5.41, 5.74) is 1.64. The molecule has 27 heavy (non-hydrogen) atoms. The first-order valence-corrected chi connectivity index (χ1v) is 9.01. The molecule has 140 valence electrons. The molecule has 0 bridgehead atoms. The van der Waals surface area contributed by atoms with E-state index in [1.165, 1.54) is 13.1 Å². The average Bonchev–Trinajstić information content (AvgIpc) is 3.09. The Bertz CT molecular complexity index is 1000. The molecular weight excluding hydrogens is 389 g/mol. The third-order valence-corrected chi connectivity index (χ3v) is 4.68. The number of ether oxygens (including phenoxy) is 1. The van der Waals surface area contributed by atoms with E-state index in [4.69, 9.17) is 27.9 Å². The topological polar surface area (TPSA) is 84.1 Å². The minimum Gasteiger partial charge on any atom is -0.449 e. The van der Waals surface area contributed by atoms with Crippen LogP contribution in [-0.2, 0) is 9.53 Å². The van der Waals surface area contributed by atoms with Crippen LogP contribution < -0.4 is 5.32 Å². The number of carbonyl (C=O) groups excluding carboxylic acids is 2. The number of aromatic amines is 1. The number of H-pyrrole nitrogens is 1. The molecule has 1 amide bonds. The van der Waals surface area contributed by atoms with Gasteiger partial charge in [-0.25, -0.2) is 9.78 Å². The van der Waals surface area contributed by atoms with Gasteiger partial charge in [0.05, 0.1) is 11.6 Å². The summed E-state index contributed by atoms with van der Waals surface area (Å²) < 4.78 is 5.32. The number of nitrogens with zero attached hydrogens (tertiary/aromatic N) is 1. The van der Waals surface area contributed by atoms with Crippen LogP contribution in [0, 0.1) is 0 Å². The van der Waals surface area contributed by atoms with E-state index in [1.54, 1.807) is 43.5 Å². The van der Waals surface area contributed by atoms with E-state index >= 15 is 0 Å². The van der Waals surface area contributed by atoms with Crippen molar-refractivity contribution in [1.29, 1.82) is 0 Å². The van der Waals surface area contributed by atoms with E-state index in [9.17, 15) is 9.59 Å². The van der Waals surface area contributed by atoms with Crippen LogP contribution in [0.5, 0.6) is 0 Å². The molecule has 0 aliphatic rings. The number of rotatable bonds is 5. The third-order valence-electron chi connectivity index (χ3n) is 4.12. The van der Waals surface area contributed by atoms with Gasteiger partial charge in [0.1, 0.15) is 5.65 Å². The molecule has 2 aromatic heterocycles. The van der Waals surface area contributed by atoms with Crippen molar-refractivity contribution in [2.24, 2.45) is 0 Å². The number of hydrogen-bond acceptors (Lipinski definition) is 4. The van der Waals surface area contributed by atoms with E-state index in [0.717, 1.165) is 5.56 Å². The molecule has 0 aliphatic heterocycles. The van der Waals surface area contributed by atoms with Gasteiger partial charge >= 0.3 is 5.97 Å². The van der Waals surface area contributed by atoms with Gasteiger partial charge in [0.2, 0.25) is 0 Å². The zero-order chi connectivity index (χ0) is 19.6. The Morgan fingerprint density at radius 1 is 1.19 bits per heavy atom. The number of carbonyl (C=O) groups is 2. The Kier molecular flexibility index (Phi) is 5.68. The fourth-order valence-corrected chi connectivity index (χ4v) is 3.25. The number of amides is 1. The summed E-state index contributed by atoms with van der Waals surface area (Å²) in [5, 5.41) is 4.38. The van der Waals surface area contributed by atoms with Crippen molar-refractivity contribution in [1.82, 2.24) is 15.3 Å². The lowest BCUT2D eigenvalue weighted by Crippen LogP contribution is -2.37. The summed E-state index contributed by atoms with van der Waals surface area (Å²) in [6.45, 7) is 3.30. The van der Waals surface area contributed by atoms with E-state index in [-0.39, 0.29) is 6.04 Å². The zero-order valence-corrected chi connectivity index (χ0v) is 16.1. The number of esters is 1. The monoisotopic (exact) mass is 405 g/mol. The molecule has 0 aliphatic carbocycles. The van der Waals surface area contributed by atoms with Crippen LogP contribution in [0.15, 0.2) is 42.7 Å². The highest BCUT2D eigenvalue weighted by Gasteiger charge is 2.23. The van der Waals surface area contributed by atoms with Crippen LogP contribution in [0.4, 0.5) is 0 Å². The van der Waals surface area contributed by atoms with Gasteiger partial charge in [0, 0.05) is 27.8 Å². The number of aromatic nitrogens is 2. The lowest BCUT2D eigenvalue weighted by atomic mass is 10.1. The van der Waals surface area contributed by atoms with E-state index < -0.39 is 18.0 Å². The second-order valence-electron chi connectivity index (χ2n) is 6.04. The number of fused-ring (bicyclic) bond motifs is 1. The maximum atomic E-state index is 12.4. The minimum absolute atomic E-state index is 0.342. The molecule has 6 nitrogen and oxygen atoms in total. The van der Waals surface area contributed by atoms with Crippen molar-refractivity contribution in [2.45, 2.75) is 26.0 Å². The highest BCUT2D eigenvalue weighted by Crippen LogP contribution is 2.26. The van der Waals surface area contributed by atoms with Gasteiger partial charge in [-0.15, -0.1) is 0 Å². The van der Waals surface area contributed by atoms with Crippen LogP contribution in [-0.4, -0.2) is 27.9 Å². The summed E-state index contributed by atoms with van der Waals surface area (Å²) in [6.07, 6.45) is 2.21. The van der Waals surface area contributed by atoms with Crippen LogP contribution in [0.25, 0.3) is 11.0 Å². The number of nitrogens with one attached hydrogen (secondary N) is 2. The Morgan fingerprint density at radius 2 is 1.96 bits per heavy atom. The van der Waals surface area contributed by atoms with Gasteiger partial charge in [-0.2, -0.15) is 0 Å². The molecule has 0 spiro atoms. The predicted octanol–water partition coefficient (Wildman–Crippen LogP) is 4.29. The fourth-order valence-electron chi connectivity index (χ4n) is 2.68. The Morgan fingerprint density at radius 3 is 2.70 bits per heavy atom. The molecule has 0 saturated heterocycles. The van der Waals surface area contributed by atoms with Gasteiger partial charge < -0.3 is 15.0 Å². The van der Waals surface area contributed by atoms with E-state index in [0.29, 0.717) is 26.6 Å². The highest BCUT2D eigenvalue weighted by molar-refractivity contribution is 6.35. The van der Waals surface area contributed by atoms with Gasteiger partial charge in [-0.1, -0.05) is 29.3 Å². The number of hydrogen-bond donors (Lipinski definition) is 2. The van der Waals surface area contributed by atoms with E-state index in [2.05, 4.69) is 15.3 Å². The standard InChI is InChI=1S/C19H17Cl2N3O3/c1-10(13-4-3-12(20)9-16(13)21)24-18(25)11(2)27-19(26)15-6-8-23-17-14(15)5-7-22-17/h3-11H,1-2H3,(H,22,23)(H,24,25). The predicted molar refractivity (Wildman–Crippen MR) is 104 cm³/mol. The second kappa shape index (κ2) is 7.98. The minimum atomic E-state index is -0.979. The molecule has 1 aromatic carbocycles. The molecule has 8 heteroatoms. The lowest BCUT2D eigenvalue weighted by Gasteiger charge is -2.19. The summed E-state index contributed by atoms with van der Waals surface area (Å²) in [7, 11) is 0. The average molecular weight is 406 g/mol. The van der Waals surface area contributed by atoms with Gasteiger partial charge in [-0.05, 0) is 43.7 Å². The Labute approximate surface area is 165 Å². The summed E-state index contributed by atoms with van der Waals surface area (Å²) in [6, 6.07) is 7.96. The number of benzene rings is 1. The summed E-state index contributed by atoms with van der Waals surface area (Å²) in [4.78, 5) is 31.9.